The summed E-state index contributed by atoms with van der Waals surface area (Å²) in [4.78, 5) is 28.0. The topological polar surface area (TPSA) is 61.8 Å². The zero-order valence-electron chi connectivity index (χ0n) is 23.0. The van der Waals surface area contributed by atoms with Crippen molar-refractivity contribution in [3.8, 4) is 5.75 Å². The van der Waals surface area contributed by atoms with Gasteiger partial charge < -0.3 is 14.2 Å². The Balaban J connectivity index is 1.63. The third kappa shape index (κ3) is 3.39. The van der Waals surface area contributed by atoms with Crippen LogP contribution in [0.4, 0.5) is 0 Å². The lowest BCUT2D eigenvalue weighted by atomic mass is 9.42. The largest absolute Gasteiger partial charge is 0.497 e. The summed E-state index contributed by atoms with van der Waals surface area (Å²) >= 11 is 0. The predicted molar refractivity (Wildman–Crippen MR) is 143 cm³/mol. The van der Waals surface area contributed by atoms with Crippen LogP contribution in [0.25, 0.3) is 0 Å². The Bertz CT molecular complexity index is 1170. The first-order valence-corrected chi connectivity index (χ1v) is 13.6. The molecule has 1 saturated carbocycles. The number of cyclic esters (lactones) is 1. The highest BCUT2D eigenvalue weighted by molar-refractivity contribution is 6.13. The van der Waals surface area contributed by atoms with E-state index in [9.17, 15) is 9.59 Å². The van der Waals surface area contributed by atoms with E-state index in [4.69, 9.17) is 14.2 Å². The number of rotatable bonds is 7. The number of esters is 1. The highest BCUT2D eigenvalue weighted by atomic mass is 16.6. The molecule has 0 radical (unpaired) electrons. The van der Waals surface area contributed by atoms with Crippen molar-refractivity contribution in [2.24, 2.45) is 35.0 Å². The molecule has 37 heavy (non-hydrogen) atoms. The van der Waals surface area contributed by atoms with Crippen molar-refractivity contribution in [2.75, 3.05) is 13.7 Å². The van der Waals surface area contributed by atoms with Crippen LogP contribution >= 0.6 is 0 Å². The summed E-state index contributed by atoms with van der Waals surface area (Å²) in [6.07, 6.45) is 9.35. The molecular weight excluding hydrogens is 464 g/mol. The monoisotopic (exact) mass is 504 g/mol. The average molecular weight is 505 g/mol. The molecule has 5 rings (SSSR count). The van der Waals surface area contributed by atoms with Crippen LogP contribution in [-0.2, 0) is 24.7 Å². The molecule has 8 atom stereocenters. The Hall–Kier alpha value is -2.66. The van der Waals surface area contributed by atoms with Gasteiger partial charge in [-0.1, -0.05) is 48.4 Å². The molecule has 2 saturated heterocycles. The van der Waals surface area contributed by atoms with Crippen LogP contribution in [0.5, 0.6) is 5.75 Å². The van der Waals surface area contributed by atoms with Crippen LogP contribution in [0, 0.1) is 35.0 Å². The van der Waals surface area contributed by atoms with Crippen molar-refractivity contribution in [1.29, 1.82) is 0 Å². The fourth-order valence-corrected chi connectivity index (χ4v) is 7.73. The summed E-state index contributed by atoms with van der Waals surface area (Å²) in [7, 11) is 1.64. The highest BCUT2D eigenvalue weighted by Crippen LogP contribution is 2.73. The van der Waals surface area contributed by atoms with Crippen LogP contribution < -0.4 is 4.74 Å². The fourth-order valence-electron chi connectivity index (χ4n) is 7.73. The molecule has 5 nitrogen and oxygen atoms in total. The van der Waals surface area contributed by atoms with Gasteiger partial charge in [-0.05, 0) is 82.4 Å². The molecule has 1 spiro atoms. The number of methoxy groups -OCH3 is 1. The Morgan fingerprint density at radius 1 is 1.22 bits per heavy atom. The van der Waals surface area contributed by atoms with Gasteiger partial charge in [-0.25, -0.2) is 4.79 Å². The van der Waals surface area contributed by atoms with Crippen LogP contribution in [0.2, 0.25) is 0 Å². The summed E-state index contributed by atoms with van der Waals surface area (Å²) in [5.41, 5.74) is -0.0318. The second-order valence-electron chi connectivity index (χ2n) is 12.1. The second-order valence-corrected chi connectivity index (χ2v) is 12.1. The van der Waals surface area contributed by atoms with Gasteiger partial charge in [0.15, 0.2) is 5.78 Å². The van der Waals surface area contributed by atoms with E-state index in [0.29, 0.717) is 11.8 Å². The lowest BCUT2D eigenvalue weighted by molar-refractivity contribution is -0.234. The Labute approximate surface area is 220 Å². The lowest BCUT2D eigenvalue weighted by Crippen LogP contribution is -2.64. The van der Waals surface area contributed by atoms with Gasteiger partial charge in [0.2, 0.25) is 5.60 Å². The molecule has 1 aromatic rings. The average Bonchev–Trinajstić information content (AvgIpc) is 3.26. The molecule has 198 valence electrons. The van der Waals surface area contributed by atoms with E-state index in [2.05, 4.69) is 46.4 Å². The zero-order valence-corrected chi connectivity index (χ0v) is 23.0. The number of hydrogen-bond donors (Lipinski definition) is 0. The molecule has 0 unspecified atom stereocenters. The van der Waals surface area contributed by atoms with Gasteiger partial charge in [0.25, 0.3) is 0 Å². The molecule has 2 aliphatic heterocycles. The number of carbonyl (C=O) groups is 2. The van der Waals surface area contributed by atoms with E-state index in [1.807, 2.05) is 31.2 Å². The quantitative estimate of drug-likeness (QED) is 0.252. The lowest BCUT2D eigenvalue weighted by Gasteiger charge is -2.62. The first-order chi connectivity index (χ1) is 17.6. The molecule has 2 heterocycles. The number of ketones is 1. The van der Waals surface area contributed by atoms with Crippen molar-refractivity contribution >= 4 is 11.8 Å². The molecule has 0 amide bonds. The number of ether oxygens (including phenoxy) is 3. The Morgan fingerprint density at radius 3 is 2.54 bits per heavy atom. The van der Waals surface area contributed by atoms with Crippen molar-refractivity contribution in [3.63, 3.8) is 0 Å². The standard InChI is InChI=1S/C32H40O5/c1-8-30(6)18-36-29(34)32(30)28(33)27-25-24(20(4)11-9-10-19(2)3)17-12-21(5)26(25)31(27,37-32)22-13-15-23(35-7)16-14-22/h8,10,12-16,20,24-27H,1,9,11,17-18H2,2-7H3/t20-,24+,25+,26-,27+,30+,31+,32+/m1/s1. The maximum Gasteiger partial charge on any atom is 0.347 e. The second kappa shape index (κ2) is 8.97. The van der Waals surface area contributed by atoms with Gasteiger partial charge in [-0.2, -0.15) is 0 Å². The van der Waals surface area contributed by atoms with Gasteiger partial charge in [-0.3, -0.25) is 4.79 Å². The first kappa shape index (κ1) is 26.0. The Morgan fingerprint density at radius 2 is 1.92 bits per heavy atom. The minimum Gasteiger partial charge on any atom is -0.497 e. The Kier molecular flexibility index (Phi) is 6.30. The van der Waals surface area contributed by atoms with E-state index in [1.54, 1.807) is 13.2 Å². The fraction of sp³-hybridized carbons (Fsp3) is 0.562. The van der Waals surface area contributed by atoms with Crippen molar-refractivity contribution in [3.05, 3.63) is 65.8 Å². The van der Waals surface area contributed by atoms with Gasteiger partial charge in [-0.15, -0.1) is 6.58 Å². The van der Waals surface area contributed by atoms with Gasteiger partial charge in [0.1, 0.15) is 18.0 Å². The summed E-state index contributed by atoms with van der Waals surface area (Å²) in [5.74, 6) is 0.515. The van der Waals surface area contributed by atoms with Gasteiger partial charge in [0.05, 0.1) is 18.4 Å². The number of allylic oxidation sites excluding steroid dienone is 3. The van der Waals surface area contributed by atoms with Crippen molar-refractivity contribution in [1.82, 2.24) is 0 Å². The molecule has 5 heteroatoms. The molecule has 0 aromatic heterocycles. The maximum absolute atomic E-state index is 14.6. The van der Waals surface area contributed by atoms with E-state index < -0.39 is 28.5 Å². The van der Waals surface area contributed by atoms with E-state index in [0.717, 1.165) is 30.6 Å². The predicted octanol–water partition coefficient (Wildman–Crippen LogP) is 6.19. The van der Waals surface area contributed by atoms with E-state index in [-0.39, 0.29) is 24.2 Å². The number of benzene rings is 1. The molecule has 3 fully saturated rings. The number of fused-ring (bicyclic) bond motifs is 4. The smallest absolute Gasteiger partial charge is 0.347 e. The molecule has 2 aliphatic carbocycles. The van der Waals surface area contributed by atoms with Crippen LogP contribution in [0.3, 0.4) is 0 Å². The molecule has 0 bridgehead atoms. The minimum atomic E-state index is -1.67. The molecule has 1 aromatic carbocycles. The van der Waals surface area contributed by atoms with Crippen LogP contribution in [-0.4, -0.2) is 31.1 Å². The van der Waals surface area contributed by atoms with E-state index >= 15 is 0 Å². The SMILES string of the molecule is C=C[C@@]1(C)COC(=O)[C@]12O[C@]1(c3ccc(OC)cc3)[C@H](C2=O)[C@H]2[C@H]([C@H](C)CCC=C(C)C)CC=C(C)[C@H]21. The zero-order chi connectivity index (χ0) is 26.8. The summed E-state index contributed by atoms with van der Waals surface area (Å²) in [6, 6.07) is 7.81. The number of hydrogen-bond acceptors (Lipinski definition) is 5. The number of Topliss-reactive ketones (excluding diaryl/α,β-unsaturated/α-hetero) is 1. The normalized spacial score (nSPS) is 38.7. The minimum absolute atomic E-state index is 0.0151. The maximum atomic E-state index is 14.6. The molecule has 0 N–H and O–H groups in total. The summed E-state index contributed by atoms with van der Waals surface area (Å²) in [5, 5.41) is 0. The molecular formula is C32H40O5. The van der Waals surface area contributed by atoms with Gasteiger partial charge in [0, 0.05) is 5.92 Å². The van der Waals surface area contributed by atoms with Gasteiger partial charge >= 0.3 is 5.97 Å². The third-order valence-electron chi connectivity index (χ3n) is 9.83. The van der Waals surface area contributed by atoms with Crippen LogP contribution in [0.1, 0.15) is 59.4 Å². The summed E-state index contributed by atoms with van der Waals surface area (Å²) < 4.78 is 17.9. The van der Waals surface area contributed by atoms with Crippen molar-refractivity contribution in [2.45, 2.75) is 65.1 Å². The number of carbonyl (C=O) groups excluding carboxylic acids is 2. The highest BCUT2D eigenvalue weighted by Gasteiger charge is 2.83. The van der Waals surface area contributed by atoms with Crippen LogP contribution in [0.15, 0.2) is 60.2 Å². The first-order valence-electron chi connectivity index (χ1n) is 13.6. The molecule has 4 aliphatic rings. The van der Waals surface area contributed by atoms with E-state index in [1.165, 1.54) is 11.1 Å². The third-order valence-corrected chi connectivity index (χ3v) is 9.83. The van der Waals surface area contributed by atoms with Crippen molar-refractivity contribution < 1.29 is 23.8 Å². The summed E-state index contributed by atoms with van der Waals surface area (Å²) in [6.45, 7) is 14.7.